The summed E-state index contributed by atoms with van der Waals surface area (Å²) in [4.78, 5) is 3.98. The second-order valence-corrected chi connectivity index (χ2v) is 6.18. The first-order chi connectivity index (χ1) is 7.61. The van der Waals surface area contributed by atoms with E-state index in [0.29, 0.717) is 12.4 Å². The Labute approximate surface area is 95.0 Å². The molecule has 0 unspecified atom stereocenters. The molecule has 0 aliphatic carbocycles. The minimum atomic E-state index is -3.06. The summed E-state index contributed by atoms with van der Waals surface area (Å²) >= 11 is 0. The Hall–Kier alpha value is -0.950. The first-order valence-electron chi connectivity index (χ1n) is 5.38. The van der Waals surface area contributed by atoms with Gasteiger partial charge in [0.1, 0.15) is 17.9 Å². The molecular formula is C9H16N4O2S. The molecule has 2 heterocycles. The van der Waals surface area contributed by atoms with Crippen LogP contribution >= 0.6 is 0 Å². The van der Waals surface area contributed by atoms with Gasteiger partial charge >= 0.3 is 0 Å². The van der Waals surface area contributed by atoms with Crippen molar-refractivity contribution >= 4 is 9.84 Å². The van der Waals surface area contributed by atoms with Gasteiger partial charge in [0.05, 0.1) is 5.75 Å². The van der Waals surface area contributed by atoms with Crippen molar-refractivity contribution in [2.75, 3.05) is 18.8 Å². The van der Waals surface area contributed by atoms with Crippen LogP contribution in [0.3, 0.4) is 0 Å². The van der Waals surface area contributed by atoms with Crippen LogP contribution < -0.4 is 5.32 Å². The Kier molecular flexibility index (Phi) is 3.25. The summed E-state index contributed by atoms with van der Waals surface area (Å²) in [6.45, 7) is 4.18. The lowest BCUT2D eigenvalue weighted by molar-refractivity contribution is 0.378. The highest BCUT2D eigenvalue weighted by Crippen LogP contribution is 2.11. The third-order valence-corrected chi connectivity index (χ3v) is 4.38. The smallest absolute Gasteiger partial charge is 0.157 e. The zero-order valence-electron chi connectivity index (χ0n) is 9.26. The molecule has 1 aliphatic heterocycles. The first-order valence-corrected chi connectivity index (χ1v) is 7.20. The van der Waals surface area contributed by atoms with E-state index in [4.69, 9.17) is 0 Å². The van der Waals surface area contributed by atoms with E-state index in [1.165, 1.54) is 6.33 Å². The van der Waals surface area contributed by atoms with Crippen molar-refractivity contribution in [1.82, 2.24) is 20.1 Å². The minimum Gasteiger partial charge on any atom is -0.316 e. The molecule has 0 spiro atoms. The Morgan fingerprint density at radius 3 is 2.88 bits per heavy atom. The van der Waals surface area contributed by atoms with Crippen LogP contribution in [0, 0.1) is 5.92 Å². The molecule has 1 saturated heterocycles. The van der Waals surface area contributed by atoms with Gasteiger partial charge in [-0.25, -0.2) is 18.1 Å². The van der Waals surface area contributed by atoms with Crippen LogP contribution in [-0.2, 0) is 22.1 Å². The van der Waals surface area contributed by atoms with E-state index in [1.54, 1.807) is 4.68 Å². The highest BCUT2D eigenvalue weighted by atomic mass is 32.2. The molecule has 90 valence electrons. The van der Waals surface area contributed by atoms with Crippen molar-refractivity contribution in [1.29, 1.82) is 0 Å². The Morgan fingerprint density at radius 2 is 2.31 bits per heavy atom. The summed E-state index contributed by atoms with van der Waals surface area (Å²) in [6.07, 6.45) is 1.40. The lowest BCUT2D eigenvalue weighted by atomic mass is 10.1. The van der Waals surface area contributed by atoms with Crippen LogP contribution in [0.25, 0.3) is 0 Å². The van der Waals surface area contributed by atoms with Gasteiger partial charge < -0.3 is 5.32 Å². The van der Waals surface area contributed by atoms with Crippen molar-refractivity contribution in [2.45, 2.75) is 19.2 Å². The number of aromatic nitrogens is 3. The van der Waals surface area contributed by atoms with Crippen molar-refractivity contribution < 1.29 is 8.42 Å². The lowest BCUT2D eigenvalue weighted by Gasteiger charge is -2.26. The second-order valence-electron chi connectivity index (χ2n) is 4.07. The largest absolute Gasteiger partial charge is 0.316 e. The van der Waals surface area contributed by atoms with E-state index < -0.39 is 9.84 Å². The highest BCUT2D eigenvalue weighted by Gasteiger charge is 2.25. The fourth-order valence-corrected chi connectivity index (χ4v) is 3.43. The third kappa shape index (κ3) is 2.59. The third-order valence-electron chi connectivity index (χ3n) is 2.70. The van der Waals surface area contributed by atoms with Gasteiger partial charge in [-0.05, 0) is 12.8 Å². The standard InChI is InChI=1S/C9H16N4O2S/c1-2-13-9(11-7-12-13)6-16(14,15)5-8-3-10-4-8/h7-8,10H,2-6H2,1H3. The van der Waals surface area contributed by atoms with Gasteiger partial charge in [-0.2, -0.15) is 5.10 Å². The van der Waals surface area contributed by atoms with E-state index in [0.717, 1.165) is 13.1 Å². The molecule has 0 aromatic carbocycles. The van der Waals surface area contributed by atoms with Crippen molar-refractivity contribution in [3.63, 3.8) is 0 Å². The molecular weight excluding hydrogens is 228 g/mol. The number of rotatable bonds is 5. The molecule has 1 fully saturated rings. The summed E-state index contributed by atoms with van der Waals surface area (Å²) in [5.41, 5.74) is 0. The number of aryl methyl sites for hydroxylation is 1. The fraction of sp³-hybridized carbons (Fsp3) is 0.778. The van der Waals surface area contributed by atoms with Gasteiger partial charge in [0.2, 0.25) is 0 Å². The molecule has 0 saturated carbocycles. The van der Waals surface area contributed by atoms with Gasteiger partial charge in [-0.3, -0.25) is 0 Å². The molecule has 0 radical (unpaired) electrons. The highest BCUT2D eigenvalue weighted by molar-refractivity contribution is 7.90. The quantitative estimate of drug-likeness (QED) is 0.751. The molecule has 16 heavy (non-hydrogen) atoms. The summed E-state index contributed by atoms with van der Waals surface area (Å²) in [5.74, 6) is 1.05. The number of nitrogens with zero attached hydrogens (tertiary/aromatic N) is 3. The predicted molar refractivity (Wildman–Crippen MR) is 59.5 cm³/mol. The first kappa shape index (κ1) is 11.5. The Bertz CT molecular complexity index is 450. The average molecular weight is 244 g/mol. The zero-order valence-corrected chi connectivity index (χ0v) is 10.1. The average Bonchev–Trinajstić information content (AvgIpc) is 2.58. The summed E-state index contributed by atoms with van der Waals surface area (Å²) < 4.78 is 25.3. The van der Waals surface area contributed by atoms with E-state index in [-0.39, 0.29) is 17.4 Å². The minimum absolute atomic E-state index is 0.00264. The summed E-state index contributed by atoms with van der Waals surface area (Å²) in [5, 5.41) is 7.03. The monoisotopic (exact) mass is 244 g/mol. The zero-order chi connectivity index (χ0) is 11.6. The fourth-order valence-electron chi connectivity index (χ4n) is 1.75. The maximum Gasteiger partial charge on any atom is 0.157 e. The molecule has 6 nitrogen and oxygen atoms in total. The molecule has 7 heteroatoms. The van der Waals surface area contributed by atoms with E-state index in [1.807, 2.05) is 6.92 Å². The van der Waals surface area contributed by atoms with Gasteiger partial charge in [0, 0.05) is 19.6 Å². The molecule has 1 aromatic heterocycles. The summed E-state index contributed by atoms with van der Waals surface area (Å²) in [6, 6.07) is 0. The summed E-state index contributed by atoms with van der Waals surface area (Å²) in [7, 11) is -3.06. The predicted octanol–water partition coefficient (Wildman–Crippen LogP) is -0.568. The van der Waals surface area contributed by atoms with Crippen molar-refractivity contribution in [2.24, 2.45) is 5.92 Å². The molecule has 1 aromatic rings. The number of hydrogen-bond acceptors (Lipinski definition) is 5. The maximum absolute atomic E-state index is 11.9. The van der Waals surface area contributed by atoms with Crippen LogP contribution in [0.2, 0.25) is 0 Å². The SMILES string of the molecule is CCn1ncnc1CS(=O)(=O)CC1CNC1. The van der Waals surface area contributed by atoms with Crippen LogP contribution in [0.1, 0.15) is 12.7 Å². The van der Waals surface area contributed by atoms with Crippen LogP contribution in [0.4, 0.5) is 0 Å². The van der Waals surface area contributed by atoms with Gasteiger partial charge in [-0.15, -0.1) is 0 Å². The Balaban J connectivity index is 2.02. The number of hydrogen-bond donors (Lipinski definition) is 1. The van der Waals surface area contributed by atoms with Gasteiger partial charge in [-0.1, -0.05) is 0 Å². The Morgan fingerprint density at radius 1 is 1.56 bits per heavy atom. The topological polar surface area (TPSA) is 76.9 Å². The molecule has 1 N–H and O–H groups in total. The van der Waals surface area contributed by atoms with Crippen LogP contribution in [0.5, 0.6) is 0 Å². The molecule has 2 rings (SSSR count). The molecule has 0 amide bonds. The molecule has 1 aliphatic rings. The van der Waals surface area contributed by atoms with E-state index >= 15 is 0 Å². The van der Waals surface area contributed by atoms with Crippen LogP contribution in [-0.4, -0.2) is 42.0 Å². The number of nitrogens with one attached hydrogen (secondary N) is 1. The maximum atomic E-state index is 11.9. The van der Waals surface area contributed by atoms with Gasteiger partial charge in [0.25, 0.3) is 0 Å². The molecule has 0 bridgehead atoms. The number of sulfone groups is 1. The van der Waals surface area contributed by atoms with Crippen molar-refractivity contribution in [3.05, 3.63) is 12.2 Å². The molecule has 0 atom stereocenters. The van der Waals surface area contributed by atoms with Gasteiger partial charge in [0.15, 0.2) is 9.84 Å². The van der Waals surface area contributed by atoms with Crippen LogP contribution in [0.15, 0.2) is 6.33 Å². The van der Waals surface area contributed by atoms with E-state index in [9.17, 15) is 8.42 Å². The van der Waals surface area contributed by atoms with E-state index in [2.05, 4.69) is 15.4 Å². The normalized spacial score (nSPS) is 17.3. The lowest BCUT2D eigenvalue weighted by Crippen LogP contribution is -2.45. The second kappa shape index (κ2) is 4.50. The van der Waals surface area contributed by atoms with Crippen molar-refractivity contribution in [3.8, 4) is 0 Å².